The van der Waals surface area contributed by atoms with Crippen LogP contribution in [0.3, 0.4) is 0 Å². The third kappa shape index (κ3) is 3.00. The van der Waals surface area contributed by atoms with E-state index in [9.17, 15) is 4.39 Å². The zero-order valence-corrected chi connectivity index (χ0v) is 14.0. The van der Waals surface area contributed by atoms with Crippen molar-refractivity contribution >= 4 is 33.0 Å². The van der Waals surface area contributed by atoms with Gasteiger partial charge in [-0.3, -0.25) is 0 Å². The predicted molar refractivity (Wildman–Crippen MR) is 92.5 cm³/mol. The normalized spacial score (nSPS) is 14.6. The summed E-state index contributed by atoms with van der Waals surface area (Å²) in [6.45, 7) is 2.68. The third-order valence-corrected chi connectivity index (χ3v) is 4.32. The second kappa shape index (κ2) is 6.10. The number of hydrogen-bond acceptors (Lipinski definition) is 3. The summed E-state index contributed by atoms with van der Waals surface area (Å²) in [5.74, 6) is -0.218. The van der Waals surface area contributed by atoms with E-state index in [-0.39, 0.29) is 5.82 Å². The first-order valence-electron chi connectivity index (χ1n) is 7.04. The Hall–Kier alpha value is -1.85. The SMILES string of the molecule is Cc1cc(F)ccc1Nc1cccc(C2=C(Br)CNN2C)c1. The van der Waals surface area contributed by atoms with Crippen molar-refractivity contribution in [2.24, 2.45) is 0 Å². The smallest absolute Gasteiger partial charge is 0.123 e. The van der Waals surface area contributed by atoms with Crippen LogP contribution in [-0.4, -0.2) is 18.6 Å². The van der Waals surface area contributed by atoms with Gasteiger partial charge in [0.25, 0.3) is 0 Å². The molecule has 3 nitrogen and oxygen atoms in total. The number of hydrazine groups is 1. The van der Waals surface area contributed by atoms with Crippen LogP contribution in [0.2, 0.25) is 0 Å². The van der Waals surface area contributed by atoms with Gasteiger partial charge in [-0.2, -0.15) is 0 Å². The number of anilines is 2. The van der Waals surface area contributed by atoms with Crippen LogP contribution in [0.25, 0.3) is 5.70 Å². The van der Waals surface area contributed by atoms with Gasteiger partial charge in [0.05, 0.1) is 5.70 Å². The van der Waals surface area contributed by atoms with Crippen LogP contribution in [0.15, 0.2) is 46.9 Å². The van der Waals surface area contributed by atoms with E-state index in [2.05, 4.69) is 38.8 Å². The van der Waals surface area contributed by atoms with Crippen molar-refractivity contribution in [3.05, 3.63) is 63.9 Å². The van der Waals surface area contributed by atoms with Gasteiger partial charge in [-0.1, -0.05) is 28.1 Å². The number of nitrogens with one attached hydrogen (secondary N) is 2. The second-order valence-electron chi connectivity index (χ2n) is 5.31. The summed E-state index contributed by atoms with van der Waals surface area (Å²) in [6.07, 6.45) is 0. The Morgan fingerprint density at radius 2 is 2.05 bits per heavy atom. The molecule has 22 heavy (non-hydrogen) atoms. The summed E-state index contributed by atoms with van der Waals surface area (Å²) in [4.78, 5) is 0. The lowest BCUT2D eigenvalue weighted by Crippen LogP contribution is -2.26. The zero-order chi connectivity index (χ0) is 15.7. The van der Waals surface area contributed by atoms with E-state index in [1.54, 1.807) is 6.07 Å². The average molecular weight is 362 g/mol. The van der Waals surface area contributed by atoms with Crippen LogP contribution >= 0.6 is 15.9 Å². The zero-order valence-electron chi connectivity index (χ0n) is 12.5. The molecule has 1 heterocycles. The minimum absolute atomic E-state index is 0.218. The minimum atomic E-state index is -0.218. The highest BCUT2D eigenvalue weighted by Gasteiger charge is 2.18. The molecule has 0 spiro atoms. The number of benzene rings is 2. The number of halogens is 2. The van der Waals surface area contributed by atoms with Crippen LogP contribution in [0.5, 0.6) is 0 Å². The van der Waals surface area contributed by atoms with Crippen molar-refractivity contribution < 1.29 is 4.39 Å². The van der Waals surface area contributed by atoms with E-state index < -0.39 is 0 Å². The molecule has 0 aliphatic carbocycles. The molecule has 0 saturated heterocycles. The summed E-state index contributed by atoms with van der Waals surface area (Å²) in [7, 11) is 1.99. The van der Waals surface area contributed by atoms with Crippen molar-refractivity contribution in [3.8, 4) is 0 Å². The molecule has 0 radical (unpaired) electrons. The quantitative estimate of drug-likeness (QED) is 0.848. The fourth-order valence-corrected chi connectivity index (χ4v) is 3.17. The van der Waals surface area contributed by atoms with Gasteiger partial charge in [0, 0.05) is 35.0 Å². The van der Waals surface area contributed by atoms with Gasteiger partial charge in [-0.15, -0.1) is 0 Å². The third-order valence-electron chi connectivity index (χ3n) is 3.67. The molecular weight excluding hydrogens is 345 g/mol. The maximum Gasteiger partial charge on any atom is 0.123 e. The molecule has 0 aromatic heterocycles. The summed E-state index contributed by atoms with van der Waals surface area (Å²) in [6, 6.07) is 12.9. The van der Waals surface area contributed by atoms with E-state index in [4.69, 9.17) is 0 Å². The molecule has 3 rings (SSSR count). The first-order valence-corrected chi connectivity index (χ1v) is 7.83. The van der Waals surface area contributed by atoms with E-state index >= 15 is 0 Å². The van der Waals surface area contributed by atoms with Gasteiger partial charge in [0.15, 0.2) is 0 Å². The number of rotatable bonds is 3. The largest absolute Gasteiger partial charge is 0.355 e. The first kappa shape index (κ1) is 15.1. The molecule has 0 saturated carbocycles. The Bertz CT molecular complexity index is 742. The van der Waals surface area contributed by atoms with E-state index in [0.717, 1.165) is 39.2 Å². The lowest BCUT2D eigenvalue weighted by atomic mass is 10.1. The second-order valence-corrected chi connectivity index (χ2v) is 6.27. The first-order chi connectivity index (χ1) is 10.5. The van der Waals surface area contributed by atoms with Gasteiger partial charge >= 0.3 is 0 Å². The van der Waals surface area contributed by atoms with Crippen molar-refractivity contribution in [2.45, 2.75) is 6.92 Å². The van der Waals surface area contributed by atoms with Gasteiger partial charge < -0.3 is 10.3 Å². The lowest BCUT2D eigenvalue weighted by Gasteiger charge is -2.17. The fraction of sp³-hybridized carbons (Fsp3) is 0.176. The Morgan fingerprint density at radius 3 is 2.73 bits per heavy atom. The van der Waals surface area contributed by atoms with Crippen LogP contribution in [0, 0.1) is 12.7 Å². The molecule has 1 aliphatic heterocycles. The average Bonchev–Trinajstić information content (AvgIpc) is 2.81. The Balaban J connectivity index is 1.90. The maximum atomic E-state index is 13.2. The minimum Gasteiger partial charge on any atom is -0.355 e. The predicted octanol–water partition coefficient (Wildman–Crippen LogP) is 4.39. The van der Waals surface area contributed by atoms with Crippen LogP contribution in [-0.2, 0) is 0 Å². The fourth-order valence-electron chi connectivity index (χ4n) is 2.55. The number of hydrogen-bond donors (Lipinski definition) is 2. The summed E-state index contributed by atoms with van der Waals surface area (Å²) >= 11 is 3.61. The summed E-state index contributed by atoms with van der Waals surface area (Å²) < 4.78 is 14.3. The monoisotopic (exact) mass is 361 g/mol. The molecule has 2 N–H and O–H groups in total. The maximum absolute atomic E-state index is 13.2. The van der Waals surface area contributed by atoms with Crippen LogP contribution < -0.4 is 10.7 Å². The van der Waals surface area contributed by atoms with Crippen LogP contribution in [0.1, 0.15) is 11.1 Å². The van der Waals surface area contributed by atoms with E-state index in [0.29, 0.717) is 0 Å². The van der Waals surface area contributed by atoms with Gasteiger partial charge in [-0.05, 0) is 42.8 Å². The molecule has 0 fully saturated rings. The number of aryl methyl sites for hydroxylation is 1. The van der Waals surface area contributed by atoms with Crippen molar-refractivity contribution in [1.29, 1.82) is 0 Å². The lowest BCUT2D eigenvalue weighted by molar-refractivity contribution is 0.392. The molecule has 0 unspecified atom stereocenters. The Kier molecular flexibility index (Phi) is 4.18. The van der Waals surface area contributed by atoms with E-state index in [1.807, 2.05) is 31.1 Å². The van der Waals surface area contributed by atoms with Crippen molar-refractivity contribution in [1.82, 2.24) is 10.4 Å². The molecule has 5 heteroatoms. The van der Waals surface area contributed by atoms with Gasteiger partial charge in [0.2, 0.25) is 0 Å². The Morgan fingerprint density at radius 1 is 1.23 bits per heavy atom. The van der Waals surface area contributed by atoms with Crippen molar-refractivity contribution in [2.75, 3.05) is 18.9 Å². The molecule has 2 aromatic carbocycles. The Labute approximate surface area is 137 Å². The highest BCUT2D eigenvalue weighted by molar-refractivity contribution is 9.11. The number of nitrogens with zero attached hydrogens (tertiary/aromatic N) is 1. The summed E-state index contributed by atoms with van der Waals surface area (Å²) in [5, 5.41) is 5.36. The molecule has 0 atom stereocenters. The highest BCUT2D eigenvalue weighted by Crippen LogP contribution is 2.30. The molecule has 0 amide bonds. The van der Waals surface area contributed by atoms with Gasteiger partial charge in [-0.25, -0.2) is 9.82 Å². The molecular formula is C17H17BrFN3. The molecule has 114 valence electrons. The molecule has 0 bridgehead atoms. The van der Waals surface area contributed by atoms with E-state index in [1.165, 1.54) is 12.1 Å². The highest BCUT2D eigenvalue weighted by atomic mass is 79.9. The van der Waals surface area contributed by atoms with Crippen molar-refractivity contribution in [3.63, 3.8) is 0 Å². The topological polar surface area (TPSA) is 27.3 Å². The van der Waals surface area contributed by atoms with Gasteiger partial charge in [0.1, 0.15) is 5.82 Å². The van der Waals surface area contributed by atoms with Crippen LogP contribution in [0.4, 0.5) is 15.8 Å². The standard InChI is InChI=1S/C17H17BrFN3/c1-11-8-13(19)6-7-16(11)21-14-5-3-4-12(9-14)17-15(18)10-20-22(17)2/h3-9,20-21H,10H2,1-2H3. The summed E-state index contributed by atoms with van der Waals surface area (Å²) in [5.41, 5.74) is 8.25. The molecule has 2 aromatic rings. The molecule has 1 aliphatic rings.